The first-order chi connectivity index (χ1) is 7.68. The number of aromatic nitrogens is 2. The molecular formula is C10H10N2O3S. The van der Waals surface area contributed by atoms with Crippen molar-refractivity contribution in [1.29, 1.82) is 0 Å². The van der Waals surface area contributed by atoms with Crippen LogP contribution in [0, 0.1) is 0 Å². The van der Waals surface area contributed by atoms with Gasteiger partial charge in [-0.25, -0.2) is 4.98 Å². The minimum Gasteiger partial charge on any atom is -0.334 e. The van der Waals surface area contributed by atoms with E-state index in [1.54, 1.807) is 12.1 Å². The van der Waals surface area contributed by atoms with Crippen LogP contribution < -0.4 is 0 Å². The van der Waals surface area contributed by atoms with E-state index in [2.05, 4.69) is 9.97 Å². The molecule has 5 nitrogen and oxygen atoms in total. The van der Waals surface area contributed by atoms with Crippen molar-refractivity contribution < 1.29 is 12.6 Å². The first kappa shape index (κ1) is 10.8. The first-order valence-electron chi connectivity index (χ1n) is 4.61. The fraction of sp³-hybridized carbons (Fsp3) is 0.100. The number of hydrogen-bond acceptors (Lipinski definition) is 4. The molecule has 1 heterocycles. The molecular weight excluding hydrogens is 228 g/mol. The third-order valence-corrected chi connectivity index (χ3v) is 3.06. The topological polar surface area (TPSA) is 72.1 Å². The Balaban J connectivity index is 2.07. The van der Waals surface area contributed by atoms with Crippen molar-refractivity contribution in [2.24, 2.45) is 0 Å². The number of imidazole rings is 1. The molecule has 2 aromatic rings. The van der Waals surface area contributed by atoms with Gasteiger partial charge in [-0.2, -0.15) is 8.42 Å². The standard InChI is InChI=1S/C10H10N2O3S/c13-16(14,10-11-6-7-12-10)15-8-9-4-2-1-3-5-9/h1-7H,8H2,(H,11,12). The zero-order valence-corrected chi connectivity index (χ0v) is 9.15. The maximum atomic E-state index is 11.6. The zero-order valence-electron chi connectivity index (χ0n) is 8.33. The van der Waals surface area contributed by atoms with E-state index < -0.39 is 10.1 Å². The summed E-state index contributed by atoms with van der Waals surface area (Å²) in [6.45, 7) is 0.00384. The Labute approximate surface area is 93.2 Å². The summed E-state index contributed by atoms with van der Waals surface area (Å²) in [6.07, 6.45) is 2.79. The summed E-state index contributed by atoms with van der Waals surface area (Å²) in [6, 6.07) is 9.07. The first-order valence-corrected chi connectivity index (χ1v) is 6.02. The second kappa shape index (κ2) is 4.46. The van der Waals surface area contributed by atoms with E-state index in [0.717, 1.165) is 5.56 Å². The number of benzene rings is 1. The number of hydrogen-bond donors (Lipinski definition) is 1. The molecule has 1 N–H and O–H groups in total. The van der Waals surface area contributed by atoms with E-state index in [1.165, 1.54) is 12.4 Å². The van der Waals surface area contributed by atoms with Gasteiger partial charge in [-0.05, 0) is 5.56 Å². The molecule has 0 radical (unpaired) electrons. The number of H-pyrrole nitrogens is 1. The maximum Gasteiger partial charge on any atom is 0.331 e. The van der Waals surface area contributed by atoms with Crippen molar-refractivity contribution in [3.05, 3.63) is 48.3 Å². The van der Waals surface area contributed by atoms with Crippen molar-refractivity contribution >= 4 is 10.1 Å². The van der Waals surface area contributed by atoms with E-state index in [4.69, 9.17) is 4.18 Å². The molecule has 16 heavy (non-hydrogen) atoms. The van der Waals surface area contributed by atoms with Crippen LogP contribution in [0.5, 0.6) is 0 Å². The Morgan fingerprint density at radius 1 is 1.25 bits per heavy atom. The number of rotatable bonds is 4. The van der Waals surface area contributed by atoms with Crippen molar-refractivity contribution in [2.45, 2.75) is 11.8 Å². The highest BCUT2D eigenvalue weighted by Crippen LogP contribution is 2.09. The highest BCUT2D eigenvalue weighted by Gasteiger charge is 2.17. The molecule has 0 aliphatic carbocycles. The summed E-state index contributed by atoms with van der Waals surface area (Å²) in [5, 5.41) is -0.177. The summed E-state index contributed by atoms with van der Waals surface area (Å²) in [5.74, 6) is 0. The van der Waals surface area contributed by atoms with Crippen LogP contribution in [0.4, 0.5) is 0 Å². The van der Waals surface area contributed by atoms with Crippen LogP contribution in [-0.2, 0) is 20.9 Å². The lowest BCUT2D eigenvalue weighted by Crippen LogP contribution is -2.08. The van der Waals surface area contributed by atoms with Gasteiger partial charge in [0.2, 0.25) is 0 Å². The molecule has 0 saturated heterocycles. The number of nitrogens with zero attached hydrogens (tertiary/aromatic N) is 1. The molecule has 1 aromatic heterocycles. The van der Waals surface area contributed by atoms with Crippen LogP contribution in [0.25, 0.3) is 0 Å². The Bertz CT molecular complexity index is 535. The van der Waals surface area contributed by atoms with Crippen LogP contribution in [0.1, 0.15) is 5.56 Å². The van der Waals surface area contributed by atoms with Gasteiger partial charge in [-0.3, -0.25) is 4.18 Å². The lowest BCUT2D eigenvalue weighted by Gasteiger charge is -2.02. The van der Waals surface area contributed by atoms with Crippen molar-refractivity contribution in [3.63, 3.8) is 0 Å². The number of nitrogens with one attached hydrogen (secondary N) is 1. The Morgan fingerprint density at radius 2 is 2.00 bits per heavy atom. The summed E-state index contributed by atoms with van der Waals surface area (Å²) in [5.41, 5.74) is 0.789. The van der Waals surface area contributed by atoms with Crippen LogP contribution in [0.15, 0.2) is 47.9 Å². The highest BCUT2D eigenvalue weighted by atomic mass is 32.2. The number of aromatic amines is 1. The second-order valence-corrected chi connectivity index (χ2v) is 4.63. The van der Waals surface area contributed by atoms with Crippen molar-refractivity contribution in [2.75, 3.05) is 0 Å². The van der Waals surface area contributed by atoms with E-state index in [0.29, 0.717) is 0 Å². The zero-order chi connectivity index (χ0) is 11.4. The quantitative estimate of drug-likeness (QED) is 0.815. The van der Waals surface area contributed by atoms with Crippen LogP contribution in [0.2, 0.25) is 0 Å². The molecule has 84 valence electrons. The van der Waals surface area contributed by atoms with Gasteiger partial charge < -0.3 is 4.98 Å². The Kier molecular flexibility index (Phi) is 3.02. The molecule has 0 saturated carbocycles. The summed E-state index contributed by atoms with van der Waals surface area (Å²) in [4.78, 5) is 6.12. The second-order valence-electron chi connectivity index (χ2n) is 3.10. The highest BCUT2D eigenvalue weighted by molar-refractivity contribution is 7.86. The minimum atomic E-state index is -3.78. The van der Waals surface area contributed by atoms with E-state index in [9.17, 15) is 8.42 Å². The van der Waals surface area contributed by atoms with Gasteiger partial charge in [-0.15, -0.1) is 0 Å². The van der Waals surface area contributed by atoms with Gasteiger partial charge in [0.25, 0.3) is 5.16 Å². The fourth-order valence-corrected chi connectivity index (χ4v) is 1.97. The van der Waals surface area contributed by atoms with E-state index in [1.807, 2.05) is 18.2 Å². The van der Waals surface area contributed by atoms with Crippen LogP contribution >= 0.6 is 0 Å². The smallest absolute Gasteiger partial charge is 0.331 e. The predicted molar refractivity (Wildman–Crippen MR) is 57.0 cm³/mol. The fourth-order valence-electron chi connectivity index (χ4n) is 1.16. The predicted octanol–water partition coefficient (Wildman–Crippen LogP) is 1.32. The van der Waals surface area contributed by atoms with Gasteiger partial charge in [-0.1, -0.05) is 30.3 Å². The SMILES string of the molecule is O=S(=O)(OCc1ccccc1)c1ncc[nH]1. The van der Waals surface area contributed by atoms with Gasteiger partial charge >= 0.3 is 10.1 Å². The largest absolute Gasteiger partial charge is 0.334 e. The average molecular weight is 238 g/mol. The molecule has 0 unspecified atom stereocenters. The molecule has 2 rings (SSSR count). The molecule has 0 aliphatic heterocycles. The molecule has 0 fully saturated rings. The molecule has 1 aromatic carbocycles. The lowest BCUT2D eigenvalue weighted by molar-refractivity contribution is 0.305. The van der Waals surface area contributed by atoms with E-state index in [-0.39, 0.29) is 11.8 Å². The summed E-state index contributed by atoms with van der Waals surface area (Å²) in [7, 11) is -3.78. The van der Waals surface area contributed by atoms with Gasteiger partial charge in [0.05, 0.1) is 6.61 Å². The van der Waals surface area contributed by atoms with Gasteiger partial charge in [0, 0.05) is 12.4 Å². The molecule has 0 atom stereocenters. The van der Waals surface area contributed by atoms with Crippen LogP contribution in [-0.4, -0.2) is 18.4 Å². The third-order valence-electron chi connectivity index (χ3n) is 1.93. The monoisotopic (exact) mass is 238 g/mol. The Morgan fingerprint density at radius 3 is 2.62 bits per heavy atom. The maximum absolute atomic E-state index is 11.6. The minimum absolute atomic E-state index is 0.00384. The molecule has 0 aliphatic rings. The molecule has 0 bridgehead atoms. The average Bonchev–Trinajstić information content (AvgIpc) is 2.82. The third kappa shape index (κ3) is 2.47. The summed E-state index contributed by atoms with van der Waals surface area (Å²) < 4.78 is 27.9. The Hall–Kier alpha value is -1.66. The van der Waals surface area contributed by atoms with Crippen LogP contribution in [0.3, 0.4) is 0 Å². The molecule has 0 amide bonds. The lowest BCUT2D eigenvalue weighted by atomic mass is 10.2. The van der Waals surface area contributed by atoms with Crippen molar-refractivity contribution in [3.8, 4) is 0 Å². The molecule has 0 spiro atoms. The van der Waals surface area contributed by atoms with Gasteiger partial charge in [0.1, 0.15) is 0 Å². The normalized spacial score (nSPS) is 11.5. The van der Waals surface area contributed by atoms with Gasteiger partial charge in [0.15, 0.2) is 0 Å². The van der Waals surface area contributed by atoms with E-state index >= 15 is 0 Å². The molecule has 6 heteroatoms. The van der Waals surface area contributed by atoms with Crippen molar-refractivity contribution in [1.82, 2.24) is 9.97 Å². The summed E-state index contributed by atoms with van der Waals surface area (Å²) >= 11 is 0.